The zero-order chi connectivity index (χ0) is 10.9. The summed E-state index contributed by atoms with van der Waals surface area (Å²) < 4.78 is 37.7. The number of rotatable bonds is 1. The Balaban J connectivity index is 2.58. The van der Waals surface area contributed by atoms with Crippen molar-refractivity contribution >= 4 is 11.3 Å². The van der Waals surface area contributed by atoms with Crippen LogP contribution in [0.25, 0.3) is 10.7 Å². The third-order valence-corrected chi connectivity index (χ3v) is 2.42. The van der Waals surface area contributed by atoms with Crippen LogP contribution in [-0.4, -0.2) is 9.97 Å². The van der Waals surface area contributed by atoms with Crippen LogP contribution in [0.3, 0.4) is 0 Å². The Morgan fingerprint density at radius 1 is 1.27 bits per heavy atom. The average Bonchev–Trinajstić information content (AvgIpc) is 2.69. The lowest BCUT2D eigenvalue weighted by molar-refractivity contribution is -0.137. The van der Waals surface area contributed by atoms with Crippen LogP contribution in [0.4, 0.5) is 13.2 Å². The lowest BCUT2D eigenvalue weighted by Gasteiger charge is -2.09. The third kappa shape index (κ3) is 1.99. The molecule has 0 spiro atoms. The molecule has 1 radical (unpaired) electrons. The number of hydrogen-bond donors (Lipinski definition) is 0. The van der Waals surface area contributed by atoms with Crippen LogP contribution in [0.5, 0.6) is 0 Å². The van der Waals surface area contributed by atoms with Gasteiger partial charge < -0.3 is 0 Å². The van der Waals surface area contributed by atoms with Crippen molar-refractivity contribution in [1.29, 1.82) is 0 Å². The first-order valence-electron chi connectivity index (χ1n) is 3.93. The zero-order valence-electron chi connectivity index (χ0n) is 7.25. The van der Waals surface area contributed by atoms with E-state index in [0.29, 0.717) is 0 Å². The predicted molar refractivity (Wildman–Crippen MR) is 49.2 cm³/mol. The second kappa shape index (κ2) is 3.62. The van der Waals surface area contributed by atoms with Gasteiger partial charge in [-0.05, 0) is 12.1 Å². The van der Waals surface area contributed by atoms with Crippen LogP contribution >= 0.6 is 11.3 Å². The summed E-state index contributed by atoms with van der Waals surface area (Å²) in [6, 6.07) is 2.24. The first-order valence-corrected chi connectivity index (χ1v) is 4.75. The van der Waals surface area contributed by atoms with Crippen LogP contribution in [0.1, 0.15) is 5.56 Å². The molecule has 2 rings (SSSR count). The smallest absolute Gasteiger partial charge is 0.253 e. The molecule has 15 heavy (non-hydrogen) atoms. The molecule has 0 bridgehead atoms. The number of thiazole rings is 1. The van der Waals surface area contributed by atoms with Crippen molar-refractivity contribution in [3.63, 3.8) is 0 Å². The van der Waals surface area contributed by atoms with Gasteiger partial charge in [-0.15, -0.1) is 11.3 Å². The number of halogens is 3. The molecular weight excluding hydrogens is 225 g/mol. The van der Waals surface area contributed by atoms with Gasteiger partial charge in [0, 0.05) is 12.4 Å². The largest absolute Gasteiger partial charge is 0.418 e. The van der Waals surface area contributed by atoms with Crippen molar-refractivity contribution in [2.24, 2.45) is 0 Å². The molecule has 0 amide bonds. The molecular formula is C9H4F3N2S. The summed E-state index contributed by atoms with van der Waals surface area (Å²) in [6.45, 7) is 0. The summed E-state index contributed by atoms with van der Waals surface area (Å²) >= 11 is 1.01. The Morgan fingerprint density at radius 3 is 2.67 bits per heavy atom. The second-order valence-electron chi connectivity index (χ2n) is 2.68. The highest BCUT2D eigenvalue weighted by atomic mass is 32.1. The average molecular weight is 229 g/mol. The van der Waals surface area contributed by atoms with Gasteiger partial charge in [0.1, 0.15) is 10.7 Å². The van der Waals surface area contributed by atoms with E-state index < -0.39 is 11.7 Å². The van der Waals surface area contributed by atoms with Gasteiger partial charge in [0.05, 0.1) is 10.9 Å². The summed E-state index contributed by atoms with van der Waals surface area (Å²) in [5.74, 6) is 0. The molecule has 0 unspecified atom stereocenters. The van der Waals surface area contributed by atoms with Crippen molar-refractivity contribution in [2.45, 2.75) is 6.18 Å². The molecule has 0 atom stereocenters. The minimum atomic E-state index is -4.41. The fourth-order valence-corrected chi connectivity index (χ4v) is 1.69. The monoisotopic (exact) mass is 229 g/mol. The lowest BCUT2D eigenvalue weighted by atomic mass is 10.2. The molecule has 2 aromatic rings. The molecule has 2 aromatic heterocycles. The number of aromatic nitrogens is 2. The highest BCUT2D eigenvalue weighted by Gasteiger charge is 2.34. The summed E-state index contributed by atoms with van der Waals surface area (Å²) in [5.41, 5.74) is -0.912. The molecule has 0 aromatic carbocycles. The third-order valence-electron chi connectivity index (χ3n) is 1.71. The molecule has 0 N–H and O–H groups in total. The van der Waals surface area contributed by atoms with Gasteiger partial charge in [0.15, 0.2) is 0 Å². The Hall–Kier alpha value is -1.43. The van der Waals surface area contributed by atoms with E-state index in [0.717, 1.165) is 17.4 Å². The molecule has 0 saturated heterocycles. The predicted octanol–water partition coefficient (Wildman–Crippen LogP) is 3.02. The molecule has 0 aliphatic rings. The molecule has 2 nitrogen and oxygen atoms in total. The van der Waals surface area contributed by atoms with Crippen molar-refractivity contribution in [2.75, 3.05) is 0 Å². The summed E-state index contributed by atoms with van der Waals surface area (Å²) in [7, 11) is 0. The molecule has 6 heteroatoms. The Kier molecular flexibility index (Phi) is 2.44. The van der Waals surface area contributed by atoms with Gasteiger partial charge in [-0.3, -0.25) is 4.98 Å². The van der Waals surface area contributed by atoms with E-state index >= 15 is 0 Å². The quantitative estimate of drug-likeness (QED) is 0.751. The summed E-state index contributed by atoms with van der Waals surface area (Å²) in [4.78, 5) is 7.46. The minimum absolute atomic E-state index is 0.142. The fourth-order valence-electron chi connectivity index (χ4n) is 1.11. The van der Waals surface area contributed by atoms with Crippen molar-refractivity contribution in [3.8, 4) is 10.7 Å². The van der Waals surface area contributed by atoms with Gasteiger partial charge in [0.2, 0.25) is 0 Å². The normalized spacial score (nSPS) is 11.7. The van der Waals surface area contributed by atoms with Crippen molar-refractivity contribution in [3.05, 3.63) is 35.5 Å². The topological polar surface area (TPSA) is 25.8 Å². The van der Waals surface area contributed by atoms with Gasteiger partial charge in [-0.1, -0.05) is 0 Å². The van der Waals surface area contributed by atoms with Crippen LogP contribution in [0.15, 0.2) is 24.5 Å². The zero-order valence-corrected chi connectivity index (χ0v) is 8.06. The molecule has 77 valence electrons. The van der Waals surface area contributed by atoms with Gasteiger partial charge >= 0.3 is 6.18 Å². The highest BCUT2D eigenvalue weighted by Crippen LogP contribution is 2.35. The Morgan fingerprint density at radius 2 is 2.07 bits per heavy atom. The number of hydrogen-bond acceptors (Lipinski definition) is 3. The van der Waals surface area contributed by atoms with Gasteiger partial charge in [0.25, 0.3) is 0 Å². The minimum Gasteiger partial charge on any atom is -0.253 e. The van der Waals surface area contributed by atoms with E-state index in [1.807, 2.05) is 0 Å². The number of alkyl halides is 3. The van der Waals surface area contributed by atoms with Crippen LogP contribution in [-0.2, 0) is 6.18 Å². The summed E-state index contributed by atoms with van der Waals surface area (Å²) in [6.07, 6.45) is -1.77. The van der Waals surface area contributed by atoms with Crippen molar-refractivity contribution in [1.82, 2.24) is 9.97 Å². The van der Waals surface area contributed by atoms with E-state index in [4.69, 9.17) is 0 Å². The van der Waals surface area contributed by atoms with E-state index in [-0.39, 0.29) is 10.7 Å². The van der Waals surface area contributed by atoms with Gasteiger partial charge in [-0.25, -0.2) is 4.98 Å². The van der Waals surface area contributed by atoms with Gasteiger partial charge in [-0.2, -0.15) is 13.2 Å². The van der Waals surface area contributed by atoms with E-state index in [1.165, 1.54) is 18.5 Å². The van der Waals surface area contributed by atoms with E-state index in [2.05, 4.69) is 15.3 Å². The molecule has 0 saturated carbocycles. The first kappa shape index (κ1) is 10.1. The molecule has 0 aliphatic heterocycles. The van der Waals surface area contributed by atoms with Crippen LogP contribution in [0, 0.1) is 5.38 Å². The molecule has 2 heterocycles. The van der Waals surface area contributed by atoms with E-state index in [9.17, 15) is 13.2 Å². The first-order chi connectivity index (χ1) is 7.09. The second-order valence-corrected chi connectivity index (χ2v) is 3.51. The Bertz CT molecular complexity index is 451. The lowest BCUT2D eigenvalue weighted by Crippen LogP contribution is -2.07. The SMILES string of the molecule is FC(F)(F)c1cccnc1-c1nc[c]s1. The van der Waals surface area contributed by atoms with E-state index in [1.54, 1.807) is 0 Å². The fraction of sp³-hybridized carbons (Fsp3) is 0.111. The maximum Gasteiger partial charge on any atom is 0.418 e. The molecule has 0 aliphatic carbocycles. The van der Waals surface area contributed by atoms with Crippen LogP contribution < -0.4 is 0 Å². The maximum atomic E-state index is 12.6. The van der Waals surface area contributed by atoms with Crippen molar-refractivity contribution < 1.29 is 13.2 Å². The molecule has 0 fully saturated rings. The highest BCUT2D eigenvalue weighted by molar-refractivity contribution is 7.12. The number of pyridine rings is 1. The number of nitrogens with zero attached hydrogens (tertiary/aromatic N) is 2. The summed E-state index contributed by atoms with van der Waals surface area (Å²) in [5, 5.41) is 2.86. The standard InChI is InChI=1S/C9H4F3N2S/c10-9(11,12)6-2-1-3-13-7(6)8-14-4-5-15-8/h1-4H. The van der Waals surface area contributed by atoms with Crippen LogP contribution in [0.2, 0.25) is 0 Å². The maximum absolute atomic E-state index is 12.6. The Labute approximate surface area is 87.4 Å².